The van der Waals surface area contributed by atoms with E-state index < -0.39 is 0 Å². The van der Waals surface area contributed by atoms with Crippen LogP contribution in [0.4, 0.5) is 0 Å². The number of nitrogens with one attached hydrogen (secondary N) is 1. The van der Waals surface area contributed by atoms with Crippen LogP contribution in [0.3, 0.4) is 0 Å². The van der Waals surface area contributed by atoms with Gasteiger partial charge < -0.3 is 14.8 Å². The standard InChI is InChI=1S/C19H30N2O3/c1-5-24-17-7-6-15(12-18(17)23-4)13-21-10-8-16(9-11-21)19(22)20-14(2)3/h6-7,12,14,16H,5,8-11,13H2,1-4H3,(H,20,22). The van der Waals surface area contributed by atoms with Gasteiger partial charge in [-0.1, -0.05) is 6.07 Å². The van der Waals surface area contributed by atoms with Crippen molar-refractivity contribution in [1.82, 2.24) is 10.2 Å². The lowest BCUT2D eigenvalue weighted by Gasteiger charge is -2.31. The highest BCUT2D eigenvalue weighted by Gasteiger charge is 2.25. The van der Waals surface area contributed by atoms with Crippen molar-refractivity contribution < 1.29 is 14.3 Å². The Hall–Kier alpha value is -1.75. The third kappa shape index (κ3) is 5.13. The van der Waals surface area contributed by atoms with Crippen LogP contribution >= 0.6 is 0 Å². The molecule has 1 N–H and O–H groups in total. The highest BCUT2D eigenvalue weighted by Crippen LogP contribution is 2.29. The molecule has 134 valence electrons. The summed E-state index contributed by atoms with van der Waals surface area (Å²) in [5.74, 6) is 1.92. The van der Waals surface area contributed by atoms with Gasteiger partial charge in [0.1, 0.15) is 0 Å². The number of hydrogen-bond donors (Lipinski definition) is 1. The Labute approximate surface area is 145 Å². The van der Waals surface area contributed by atoms with E-state index in [9.17, 15) is 4.79 Å². The zero-order valence-corrected chi connectivity index (χ0v) is 15.3. The van der Waals surface area contributed by atoms with E-state index in [2.05, 4.69) is 16.3 Å². The molecule has 1 aromatic carbocycles. The van der Waals surface area contributed by atoms with E-state index in [1.54, 1.807) is 7.11 Å². The lowest BCUT2D eigenvalue weighted by atomic mass is 9.95. The van der Waals surface area contributed by atoms with Crippen LogP contribution in [0, 0.1) is 5.92 Å². The monoisotopic (exact) mass is 334 g/mol. The minimum Gasteiger partial charge on any atom is -0.493 e. The maximum absolute atomic E-state index is 12.1. The summed E-state index contributed by atoms with van der Waals surface area (Å²) < 4.78 is 11.0. The Morgan fingerprint density at radius 1 is 1.29 bits per heavy atom. The van der Waals surface area contributed by atoms with E-state index in [0.717, 1.165) is 44.0 Å². The van der Waals surface area contributed by atoms with Crippen LogP contribution in [0.1, 0.15) is 39.2 Å². The fourth-order valence-electron chi connectivity index (χ4n) is 3.10. The number of carbonyl (C=O) groups excluding carboxylic acids is 1. The molecule has 0 saturated carbocycles. The van der Waals surface area contributed by atoms with Gasteiger partial charge in [-0.2, -0.15) is 0 Å². The molecular weight excluding hydrogens is 304 g/mol. The lowest BCUT2D eigenvalue weighted by molar-refractivity contribution is -0.127. The summed E-state index contributed by atoms with van der Waals surface area (Å²) in [6.45, 7) is 9.38. The molecular formula is C19H30N2O3. The van der Waals surface area contributed by atoms with E-state index in [0.29, 0.717) is 6.61 Å². The zero-order valence-electron chi connectivity index (χ0n) is 15.3. The number of methoxy groups -OCH3 is 1. The first-order valence-electron chi connectivity index (χ1n) is 8.86. The Bertz CT molecular complexity index is 537. The van der Waals surface area contributed by atoms with Gasteiger partial charge in [-0.05, 0) is 64.4 Å². The first-order chi connectivity index (χ1) is 11.5. The van der Waals surface area contributed by atoms with Crippen LogP contribution in [0.5, 0.6) is 11.5 Å². The molecule has 1 fully saturated rings. The smallest absolute Gasteiger partial charge is 0.223 e. The molecule has 1 aliphatic rings. The van der Waals surface area contributed by atoms with Gasteiger partial charge >= 0.3 is 0 Å². The predicted octanol–water partition coefficient (Wildman–Crippen LogP) is 2.83. The molecule has 0 spiro atoms. The SMILES string of the molecule is CCOc1ccc(CN2CCC(C(=O)NC(C)C)CC2)cc1OC. The fraction of sp³-hybridized carbons (Fsp3) is 0.632. The first-order valence-corrected chi connectivity index (χ1v) is 8.86. The number of rotatable bonds is 7. The molecule has 0 aliphatic carbocycles. The summed E-state index contributed by atoms with van der Waals surface area (Å²) >= 11 is 0. The summed E-state index contributed by atoms with van der Waals surface area (Å²) in [5, 5.41) is 3.02. The van der Waals surface area contributed by atoms with Gasteiger partial charge in [0.15, 0.2) is 11.5 Å². The summed E-state index contributed by atoms with van der Waals surface area (Å²) in [5.41, 5.74) is 1.21. The average Bonchev–Trinajstić information content (AvgIpc) is 2.56. The normalized spacial score (nSPS) is 16.2. The Morgan fingerprint density at radius 2 is 2.00 bits per heavy atom. The van der Waals surface area contributed by atoms with Crippen molar-refractivity contribution >= 4 is 5.91 Å². The van der Waals surface area contributed by atoms with Crippen LogP contribution in [0.25, 0.3) is 0 Å². The van der Waals surface area contributed by atoms with Crippen molar-refractivity contribution in [1.29, 1.82) is 0 Å². The summed E-state index contributed by atoms with van der Waals surface area (Å²) in [4.78, 5) is 14.5. The Morgan fingerprint density at radius 3 is 2.58 bits per heavy atom. The van der Waals surface area contributed by atoms with Crippen LogP contribution < -0.4 is 14.8 Å². The lowest BCUT2D eigenvalue weighted by Crippen LogP contribution is -2.42. The van der Waals surface area contributed by atoms with Gasteiger partial charge in [-0.15, -0.1) is 0 Å². The summed E-state index contributed by atoms with van der Waals surface area (Å²) in [6.07, 6.45) is 1.85. The zero-order chi connectivity index (χ0) is 17.5. The predicted molar refractivity (Wildman–Crippen MR) is 95.4 cm³/mol. The maximum Gasteiger partial charge on any atom is 0.223 e. The molecule has 1 saturated heterocycles. The Kier molecular flexibility index (Phi) is 6.91. The third-order valence-corrected chi connectivity index (χ3v) is 4.32. The topological polar surface area (TPSA) is 50.8 Å². The maximum atomic E-state index is 12.1. The molecule has 0 atom stereocenters. The number of ether oxygens (including phenoxy) is 2. The Balaban J connectivity index is 1.88. The van der Waals surface area contributed by atoms with Crippen molar-refractivity contribution in [2.75, 3.05) is 26.8 Å². The molecule has 24 heavy (non-hydrogen) atoms. The average molecular weight is 334 g/mol. The second kappa shape index (κ2) is 8.92. The summed E-state index contributed by atoms with van der Waals surface area (Å²) in [7, 11) is 1.67. The third-order valence-electron chi connectivity index (χ3n) is 4.32. The van der Waals surface area contributed by atoms with Crippen molar-refractivity contribution in [3.63, 3.8) is 0 Å². The molecule has 0 radical (unpaired) electrons. The van der Waals surface area contributed by atoms with E-state index in [1.165, 1.54) is 5.56 Å². The highest BCUT2D eigenvalue weighted by atomic mass is 16.5. The number of hydrogen-bond acceptors (Lipinski definition) is 4. The molecule has 1 aliphatic heterocycles. The molecule has 1 aromatic rings. The molecule has 5 heteroatoms. The van der Waals surface area contributed by atoms with E-state index in [4.69, 9.17) is 9.47 Å². The second-order valence-corrected chi connectivity index (χ2v) is 6.63. The largest absolute Gasteiger partial charge is 0.493 e. The fourth-order valence-corrected chi connectivity index (χ4v) is 3.10. The molecule has 0 unspecified atom stereocenters. The number of carbonyl (C=O) groups is 1. The van der Waals surface area contributed by atoms with Crippen LogP contribution in [0.2, 0.25) is 0 Å². The number of amides is 1. The van der Waals surface area contributed by atoms with Gasteiger partial charge in [-0.25, -0.2) is 0 Å². The van der Waals surface area contributed by atoms with E-state index in [1.807, 2.05) is 32.9 Å². The van der Waals surface area contributed by atoms with Crippen LogP contribution in [-0.2, 0) is 11.3 Å². The molecule has 0 aromatic heterocycles. The second-order valence-electron chi connectivity index (χ2n) is 6.63. The van der Waals surface area contributed by atoms with Gasteiger partial charge in [0.2, 0.25) is 5.91 Å². The molecule has 2 rings (SSSR count). The van der Waals surface area contributed by atoms with E-state index >= 15 is 0 Å². The minimum atomic E-state index is 0.151. The molecule has 1 heterocycles. The molecule has 5 nitrogen and oxygen atoms in total. The van der Waals surface area contributed by atoms with E-state index in [-0.39, 0.29) is 17.9 Å². The van der Waals surface area contributed by atoms with Gasteiger partial charge in [0, 0.05) is 18.5 Å². The van der Waals surface area contributed by atoms with Crippen molar-refractivity contribution in [2.24, 2.45) is 5.92 Å². The first kappa shape index (κ1) is 18.6. The van der Waals surface area contributed by atoms with Gasteiger partial charge in [-0.3, -0.25) is 9.69 Å². The van der Waals surface area contributed by atoms with Gasteiger partial charge in [0.25, 0.3) is 0 Å². The number of benzene rings is 1. The quantitative estimate of drug-likeness (QED) is 0.833. The minimum absolute atomic E-state index is 0.151. The number of piperidine rings is 1. The van der Waals surface area contributed by atoms with Crippen molar-refractivity contribution in [3.8, 4) is 11.5 Å². The number of nitrogens with zero attached hydrogens (tertiary/aromatic N) is 1. The highest BCUT2D eigenvalue weighted by molar-refractivity contribution is 5.78. The van der Waals surface area contributed by atoms with Crippen LogP contribution in [0.15, 0.2) is 18.2 Å². The van der Waals surface area contributed by atoms with Crippen molar-refractivity contribution in [3.05, 3.63) is 23.8 Å². The number of likely N-dealkylation sites (tertiary alicyclic amines) is 1. The molecule has 1 amide bonds. The van der Waals surface area contributed by atoms with Crippen LogP contribution in [-0.4, -0.2) is 43.7 Å². The van der Waals surface area contributed by atoms with Gasteiger partial charge in [0.05, 0.1) is 13.7 Å². The molecule has 0 bridgehead atoms. The van der Waals surface area contributed by atoms with Crippen molar-refractivity contribution in [2.45, 2.75) is 46.2 Å². The summed E-state index contributed by atoms with van der Waals surface area (Å²) in [6, 6.07) is 6.32.